The van der Waals surface area contributed by atoms with Gasteiger partial charge in [0.2, 0.25) is 0 Å². The van der Waals surface area contributed by atoms with Gasteiger partial charge in [0.25, 0.3) is 0 Å². The van der Waals surface area contributed by atoms with Gasteiger partial charge in [-0.05, 0) is 25.1 Å². The molecule has 1 unspecified atom stereocenters. The van der Waals surface area contributed by atoms with E-state index in [0.29, 0.717) is 12.3 Å². The normalized spacial score (nSPS) is 27.8. The molecule has 0 aliphatic carbocycles. The Hall–Kier alpha value is -1.75. The Morgan fingerprint density at radius 2 is 2.24 bits per heavy atom. The van der Waals surface area contributed by atoms with Crippen molar-refractivity contribution in [2.45, 2.75) is 12.0 Å². The second-order valence-corrected chi connectivity index (χ2v) is 4.60. The molecule has 1 spiro atoms. The maximum absolute atomic E-state index is 11.9. The van der Waals surface area contributed by atoms with E-state index in [0.717, 1.165) is 25.2 Å². The van der Waals surface area contributed by atoms with Gasteiger partial charge in [-0.15, -0.1) is 0 Å². The Morgan fingerprint density at radius 1 is 1.41 bits per heavy atom. The predicted molar refractivity (Wildman–Crippen MR) is 64.9 cm³/mol. The van der Waals surface area contributed by atoms with Crippen LogP contribution in [-0.2, 0) is 4.74 Å². The number of benzene rings is 1. The van der Waals surface area contributed by atoms with Crippen LogP contribution in [0.3, 0.4) is 0 Å². The van der Waals surface area contributed by atoms with Gasteiger partial charge in [-0.1, -0.05) is 12.1 Å². The zero-order chi connectivity index (χ0) is 11.9. The molecule has 0 aromatic heterocycles. The molecule has 2 saturated heterocycles. The van der Waals surface area contributed by atoms with Gasteiger partial charge in [0, 0.05) is 6.54 Å². The van der Waals surface area contributed by atoms with Crippen molar-refractivity contribution in [2.24, 2.45) is 0 Å². The van der Waals surface area contributed by atoms with E-state index < -0.39 is 0 Å². The van der Waals surface area contributed by atoms with Gasteiger partial charge in [-0.2, -0.15) is 0 Å². The maximum atomic E-state index is 11.9. The molecule has 2 aliphatic rings. The maximum Gasteiger partial charge on any atom is 0.415 e. The molecule has 0 saturated carbocycles. The first kappa shape index (κ1) is 10.4. The van der Waals surface area contributed by atoms with Crippen LogP contribution in [0.25, 0.3) is 0 Å². The summed E-state index contributed by atoms with van der Waals surface area (Å²) in [5.41, 5.74) is 7.04. The van der Waals surface area contributed by atoms with E-state index in [1.807, 2.05) is 18.2 Å². The van der Waals surface area contributed by atoms with E-state index in [1.165, 1.54) is 0 Å². The molecule has 3 rings (SSSR count). The van der Waals surface area contributed by atoms with Crippen LogP contribution >= 0.6 is 0 Å². The molecule has 2 heterocycles. The van der Waals surface area contributed by atoms with Crippen LogP contribution in [0.4, 0.5) is 16.2 Å². The van der Waals surface area contributed by atoms with Crippen LogP contribution in [0.2, 0.25) is 0 Å². The summed E-state index contributed by atoms with van der Waals surface area (Å²) in [4.78, 5) is 13.6. The first-order chi connectivity index (χ1) is 8.23. The summed E-state index contributed by atoms with van der Waals surface area (Å²) in [6, 6.07) is 7.41. The molecule has 2 fully saturated rings. The number of cyclic esters (lactones) is 1. The monoisotopic (exact) mass is 233 g/mol. The molecule has 0 bridgehead atoms. The molecule has 1 aromatic carbocycles. The molecule has 2 aliphatic heterocycles. The van der Waals surface area contributed by atoms with Gasteiger partial charge in [0.1, 0.15) is 6.61 Å². The van der Waals surface area contributed by atoms with Crippen molar-refractivity contribution in [1.82, 2.24) is 5.32 Å². The summed E-state index contributed by atoms with van der Waals surface area (Å²) in [5.74, 6) is 0. The number of rotatable bonds is 1. The minimum absolute atomic E-state index is 0.257. The summed E-state index contributed by atoms with van der Waals surface area (Å²) in [6.07, 6.45) is 0.596. The largest absolute Gasteiger partial charge is 0.447 e. The van der Waals surface area contributed by atoms with Crippen LogP contribution < -0.4 is 16.0 Å². The zero-order valence-electron chi connectivity index (χ0n) is 9.48. The Morgan fingerprint density at radius 3 is 2.94 bits per heavy atom. The first-order valence-corrected chi connectivity index (χ1v) is 5.75. The third-order valence-corrected chi connectivity index (χ3v) is 3.52. The standard InChI is InChI=1S/C12H15N3O2/c13-9-3-1-2-4-10(9)15-11(16)17-8-12(15)5-6-14-7-12/h1-4,14H,5-8,13H2. The highest BCUT2D eigenvalue weighted by Gasteiger charge is 2.50. The van der Waals surface area contributed by atoms with E-state index in [9.17, 15) is 4.79 Å². The smallest absolute Gasteiger partial charge is 0.415 e. The fourth-order valence-electron chi connectivity index (χ4n) is 2.61. The molecule has 17 heavy (non-hydrogen) atoms. The number of carbonyl (C=O) groups excluding carboxylic acids is 1. The highest BCUT2D eigenvalue weighted by Crippen LogP contribution is 2.37. The average molecular weight is 233 g/mol. The number of anilines is 2. The second kappa shape index (κ2) is 3.63. The van der Waals surface area contributed by atoms with Crippen LogP contribution in [0.15, 0.2) is 24.3 Å². The third-order valence-electron chi connectivity index (χ3n) is 3.52. The summed E-state index contributed by atoms with van der Waals surface area (Å²) >= 11 is 0. The van der Waals surface area contributed by atoms with Crippen LogP contribution in [0, 0.1) is 0 Å². The van der Waals surface area contributed by atoms with Gasteiger partial charge in [0.05, 0.1) is 16.9 Å². The van der Waals surface area contributed by atoms with Gasteiger partial charge in [-0.3, -0.25) is 4.90 Å². The Kier molecular flexibility index (Phi) is 2.22. The van der Waals surface area contributed by atoms with Crippen molar-refractivity contribution in [3.8, 4) is 0 Å². The van der Waals surface area contributed by atoms with Gasteiger partial charge in [0.15, 0.2) is 0 Å². The van der Waals surface area contributed by atoms with Crippen molar-refractivity contribution in [2.75, 3.05) is 30.3 Å². The number of nitrogens with one attached hydrogen (secondary N) is 1. The number of ether oxygens (including phenoxy) is 1. The molecule has 90 valence electrons. The SMILES string of the molecule is Nc1ccccc1N1C(=O)OCC12CCNC2. The lowest BCUT2D eigenvalue weighted by Crippen LogP contribution is -2.49. The molecular formula is C12H15N3O2. The quantitative estimate of drug-likeness (QED) is 0.709. The zero-order valence-corrected chi connectivity index (χ0v) is 9.48. The lowest BCUT2D eigenvalue weighted by Gasteiger charge is -2.31. The average Bonchev–Trinajstić information content (AvgIpc) is 2.90. The molecule has 5 nitrogen and oxygen atoms in total. The number of hydrogen-bond acceptors (Lipinski definition) is 4. The molecule has 0 radical (unpaired) electrons. The minimum Gasteiger partial charge on any atom is -0.447 e. The topological polar surface area (TPSA) is 67.6 Å². The summed E-state index contributed by atoms with van der Waals surface area (Å²) in [7, 11) is 0. The van der Waals surface area contributed by atoms with Gasteiger partial charge < -0.3 is 15.8 Å². The van der Waals surface area contributed by atoms with Crippen molar-refractivity contribution >= 4 is 17.5 Å². The molecule has 3 N–H and O–H groups in total. The van der Waals surface area contributed by atoms with Crippen LogP contribution in [0.5, 0.6) is 0 Å². The first-order valence-electron chi connectivity index (χ1n) is 5.75. The Balaban J connectivity index is 2.05. The van der Waals surface area contributed by atoms with E-state index in [1.54, 1.807) is 11.0 Å². The van der Waals surface area contributed by atoms with E-state index in [-0.39, 0.29) is 11.6 Å². The van der Waals surface area contributed by atoms with Crippen molar-refractivity contribution < 1.29 is 9.53 Å². The molecule has 1 atom stereocenters. The van der Waals surface area contributed by atoms with E-state index in [4.69, 9.17) is 10.5 Å². The summed E-state index contributed by atoms with van der Waals surface area (Å²) < 4.78 is 5.20. The number of hydrogen-bond donors (Lipinski definition) is 2. The number of carbonyl (C=O) groups is 1. The predicted octanol–water partition coefficient (Wildman–Crippen LogP) is 0.957. The minimum atomic E-state index is -0.299. The lowest BCUT2D eigenvalue weighted by atomic mass is 9.97. The number of amides is 1. The summed E-state index contributed by atoms with van der Waals surface area (Å²) in [5, 5.41) is 3.28. The van der Waals surface area contributed by atoms with Crippen molar-refractivity contribution in [3.63, 3.8) is 0 Å². The number of para-hydroxylation sites is 2. The molecule has 1 aromatic rings. The van der Waals surface area contributed by atoms with Crippen molar-refractivity contribution in [3.05, 3.63) is 24.3 Å². The highest BCUT2D eigenvalue weighted by molar-refractivity contribution is 5.95. The van der Waals surface area contributed by atoms with Crippen LogP contribution in [-0.4, -0.2) is 31.3 Å². The van der Waals surface area contributed by atoms with Crippen molar-refractivity contribution in [1.29, 1.82) is 0 Å². The van der Waals surface area contributed by atoms with E-state index in [2.05, 4.69) is 5.32 Å². The summed E-state index contributed by atoms with van der Waals surface area (Å²) in [6.45, 7) is 2.10. The highest BCUT2D eigenvalue weighted by atomic mass is 16.6. The van der Waals surface area contributed by atoms with Gasteiger partial charge >= 0.3 is 6.09 Å². The molecule has 1 amide bonds. The second-order valence-electron chi connectivity index (χ2n) is 4.60. The van der Waals surface area contributed by atoms with Crippen LogP contribution in [0.1, 0.15) is 6.42 Å². The Bertz CT molecular complexity index is 455. The van der Waals surface area contributed by atoms with E-state index >= 15 is 0 Å². The Labute approximate surface area is 99.5 Å². The fourth-order valence-corrected chi connectivity index (χ4v) is 2.61. The number of nitrogens with two attached hydrogens (primary N) is 1. The number of nitrogens with zero attached hydrogens (tertiary/aromatic N) is 1. The fraction of sp³-hybridized carbons (Fsp3) is 0.417. The molecule has 5 heteroatoms. The number of nitrogen functional groups attached to an aromatic ring is 1. The lowest BCUT2D eigenvalue weighted by molar-refractivity contribution is 0.174. The third kappa shape index (κ3) is 1.46. The van der Waals surface area contributed by atoms with Gasteiger partial charge in [-0.25, -0.2) is 4.79 Å². The molecular weight excluding hydrogens is 218 g/mol.